The number of hydrogen-bond donors (Lipinski definition) is 0. The topological polar surface area (TPSA) is 89.6 Å². The number of aromatic nitrogens is 4. The van der Waals surface area contributed by atoms with E-state index in [0.29, 0.717) is 28.8 Å². The van der Waals surface area contributed by atoms with Gasteiger partial charge in [-0.15, -0.1) is 0 Å². The van der Waals surface area contributed by atoms with Crippen LogP contribution in [0.1, 0.15) is 0 Å². The Morgan fingerprint density at radius 2 is 1.54 bits per heavy atom. The molecule has 0 amide bonds. The smallest absolute Gasteiger partial charge is 0.259 e. The van der Waals surface area contributed by atoms with Crippen molar-refractivity contribution in [3.05, 3.63) is 72.9 Å². The second kappa shape index (κ2) is 9.77. The molecule has 1 aliphatic rings. The van der Waals surface area contributed by atoms with Crippen molar-refractivity contribution in [3.8, 4) is 34.3 Å². The lowest BCUT2D eigenvalue weighted by Gasteiger charge is -2.36. The minimum atomic E-state index is 0.423. The molecule has 0 N–H and O–H groups in total. The van der Waals surface area contributed by atoms with Gasteiger partial charge in [0.05, 0.1) is 30.9 Å². The Kier molecular flexibility index (Phi) is 6.02. The molecular weight excluding hydrogens is 468 g/mol. The van der Waals surface area contributed by atoms with Crippen LogP contribution in [0.5, 0.6) is 11.5 Å². The Hall–Kier alpha value is -4.66. The molecule has 186 valence electrons. The zero-order valence-corrected chi connectivity index (χ0v) is 20.7. The third-order valence-corrected chi connectivity index (χ3v) is 6.58. The van der Waals surface area contributed by atoms with Crippen molar-refractivity contribution in [1.29, 1.82) is 0 Å². The minimum Gasteiger partial charge on any atom is -0.493 e. The first-order chi connectivity index (χ1) is 18.2. The fourth-order valence-corrected chi connectivity index (χ4v) is 4.71. The third-order valence-electron chi connectivity index (χ3n) is 6.58. The number of ether oxygens (including phenoxy) is 2. The number of fused-ring (bicyclic) bond motifs is 1. The maximum Gasteiger partial charge on any atom is 0.259 e. The van der Waals surface area contributed by atoms with E-state index in [4.69, 9.17) is 24.0 Å². The summed E-state index contributed by atoms with van der Waals surface area (Å²) >= 11 is 0. The van der Waals surface area contributed by atoms with E-state index in [9.17, 15) is 0 Å². The Labute approximate surface area is 214 Å². The van der Waals surface area contributed by atoms with Crippen LogP contribution in [-0.4, -0.2) is 60.5 Å². The summed E-state index contributed by atoms with van der Waals surface area (Å²) in [4.78, 5) is 18.8. The van der Waals surface area contributed by atoms with Crippen molar-refractivity contribution in [2.75, 3.05) is 50.2 Å². The number of pyridine rings is 2. The van der Waals surface area contributed by atoms with Gasteiger partial charge < -0.3 is 23.8 Å². The normalized spacial score (nSPS) is 13.7. The summed E-state index contributed by atoms with van der Waals surface area (Å²) in [6.07, 6.45) is 1.83. The summed E-state index contributed by atoms with van der Waals surface area (Å²) in [6.45, 7) is 3.39. The Bertz CT molecular complexity index is 1530. The average Bonchev–Trinajstić information content (AvgIpc) is 3.46. The molecule has 2 aromatic carbocycles. The van der Waals surface area contributed by atoms with Crippen LogP contribution in [0.15, 0.2) is 77.4 Å². The van der Waals surface area contributed by atoms with Crippen LogP contribution >= 0.6 is 0 Å². The Morgan fingerprint density at radius 3 is 2.30 bits per heavy atom. The molecule has 9 nitrogen and oxygen atoms in total. The molecule has 5 aromatic rings. The second-order valence-corrected chi connectivity index (χ2v) is 8.67. The van der Waals surface area contributed by atoms with Crippen LogP contribution in [0.3, 0.4) is 0 Å². The molecule has 0 aliphatic carbocycles. The van der Waals surface area contributed by atoms with Crippen molar-refractivity contribution in [2.24, 2.45) is 0 Å². The molecule has 0 radical (unpaired) electrons. The van der Waals surface area contributed by atoms with E-state index in [2.05, 4.69) is 19.9 Å². The van der Waals surface area contributed by atoms with Crippen molar-refractivity contribution >= 4 is 22.5 Å². The monoisotopic (exact) mass is 494 g/mol. The summed E-state index contributed by atoms with van der Waals surface area (Å²) in [5, 5.41) is 5.22. The van der Waals surface area contributed by atoms with E-state index in [-0.39, 0.29) is 0 Å². The molecule has 0 saturated carbocycles. The molecule has 0 bridgehead atoms. The molecule has 0 spiro atoms. The zero-order valence-electron chi connectivity index (χ0n) is 20.7. The number of methoxy groups -OCH3 is 2. The van der Waals surface area contributed by atoms with Gasteiger partial charge in [-0.05, 0) is 36.4 Å². The average molecular weight is 495 g/mol. The first kappa shape index (κ1) is 22.8. The van der Waals surface area contributed by atoms with Gasteiger partial charge >= 0.3 is 0 Å². The Morgan fingerprint density at radius 1 is 0.757 bits per heavy atom. The molecule has 1 saturated heterocycles. The van der Waals surface area contributed by atoms with Gasteiger partial charge in [-0.2, -0.15) is 4.98 Å². The van der Waals surface area contributed by atoms with Gasteiger partial charge in [-0.25, -0.2) is 9.97 Å². The van der Waals surface area contributed by atoms with Gasteiger partial charge in [0.2, 0.25) is 5.82 Å². The molecule has 3 aromatic heterocycles. The summed E-state index contributed by atoms with van der Waals surface area (Å²) < 4.78 is 16.8. The lowest BCUT2D eigenvalue weighted by molar-refractivity contribution is 0.355. The summed E-state index contributed by atoms with van der Waals surface area (Å²) in [5.41, 5.74) is 2.41. The van der Waals surface area contributed by atoms with Crippen LogP contribution in [-0.2, 0) is 0 Å². The SMILES string of the molecule is COc1cccc(-c2noc(-c3cc(N4CCN(c5ccccn5)CC4)nc4ccccc34)n2)c1OC. The van der Waals surface area contributed by atoms with Crippen molar-refractivity contribution in [1.82, 2.24) is 20.1 Å². The highest BCUT2D eigenvalue weighted by molar-refractivity contribution is 5.94. The first-order valence-corrected chi connectivity index (χ1v) is 12.1. The van der Waals surface area contributed by atoms with Gasteiger partial charge in [0.1, 0.15) is 11.6 Å². The highest BCUT2D eigenvalue weighted by Crippen LogP contribution is 2.38. The van der Waals surface area contributed by atoms with E-state index in [1.54, 1.807) is 14.2 Å². The summed E-state index contributed by atoms with van der Waals surface area (Å²) in [5.74, 6) is 3.90. The molecule has 1 aliphatic heterocycles. The standard InChI is InChI=1S/C28H26N6O3/c1-35-23-11-7-9-20(26(23)36-2)27-31-28(37-32-27)21-18-25(30-22-10-4-3-8-19(21)22)34-16-14-33(15-17-34)24-12-5-6-13-29-24/h3-13,18H,14-17H2,1-2H3. The highest BCUT2D eigenvalue weighted by atomic mass is 16.5. The predicted molar refractivity (Wildman–Crippen MR) is 142 cm³/mol. The molecule has 37 heavy (non-hydrogen) atoms. The van der Waals surface area contributed by atoms with Crippen molar-refractivity contribution in [2.45, 2.75) is 0 Å². The van der Waals surface area contributed by atoms with Crippen LogP contribution < -0.4 is 19.3 Å². The number of hydrogen-bond acceptors (Lipinski definition) is 9. The molecule has 4 heterocycles. The van der Waals surface area contributed by atoms with Gasteiger partial charge in [0.25, 0.3) is 5.89 Å². The number of benzene rings is 2. The van der Waals surface area contributed by atoms with Gasteiger partial charge in [-0.3, -0.25) is 0 Å². The van der Waals surface area contributed by atoms with E-state index in [1.807, 2.05) is 72.9 Å². The number of piperazine rings is 1. The van der Waals surface area contributed by atoms with Gasteiger partial charge in [0, 0.05) is 37.8 Å². The van der Waals surface area contributed by atoms with Crippen LogP contribution in [0.4, 0.5) is 11.6 Å². The third kappa shape index (κ3) is 4.29. The molecule has 9 heteroatoms. The number of para-hydroxylation sites is 2. The largest absolute Gasteiger partial charge is 0.493 e. The summed E-state index contributed by atoms with van der Waals surface area (Å²) in [6, 6.07) is 21.6. The lowest BCUT2D eigenvalue weighted by Crippen LogP contribution is -2.47. The first-order valence-electron chi connectivity index (χ1n) is 12.1. The van der Waals surface area contributed by atoms with E-state index < -0.39 is 0 Å². The maximum atomic E-state index is 5.78. The number of nitrogens with zero attached hydrogens (tertiary/aromatic N) is 6. The molecular formula is C28H26N6O3. The summed E-state index contributed by atoms with van der Waals surface area (Å²) in [7, 11) is 3.20. The Balaban J connectivity index is 1.34. The minimum absolute atomic E-state index is 0.423. The van der Waals surface area contributed by atoms with Crippen molar-refractivity contribution < 1.29 is 14.0 Å². The molecule has 6 rings (SSSR count). The quantitative estimate of drug-likeness (QED) is 0.333. The maximum absolute atomic E-state index is 5.78. The van der Waals surface area contributed by atoms with Crippen LogP contribution in [0, 0.1) is 0 Å². The fraction of sp³-hybridized carbons (Fsp3) is 0.214. The molecule has 1 fully saturated rings. The lowest BCUT2D eigenvalue weighted by atomic mass is 10.1. The highest BCUT2D eigenvalue weighted by Gasteiger charge is 2.23. The van der Waals surface area contributed by atoms with Crippen LogP contribution in [0.2, 0.25) is 0 Å². The van der Waals surface area contributed by atoms with Gasteiger partial charge in [0.15, 0.2) is 11.5 Å². The second-order valence-electron chi connectivity index (χ2n) is 8.67. The van der Waals surface area contributed by atoms with Gasteiger partial charge in [-0.1, -0.05) is 35.5 Å². The van der Waals surface area contributed by atoms with E-state index >= 15 is 0 Å². The van der Waals surface area contributed by atoms with E-state index in [0.717, 1.165) is 54.3 Å². The zero-order chi connectivity index (χ0) is 25.2. The number of anilines is 2. The number of rotatable bonds is 6. The van der Waals surface area contributed by atoms with Crippen molar-refractivity contribution in [3.63, 3.8) is 0 Å². The fourth-order valence-electron chi connectivity index (χ4n) is 4.71. The molecule has 0 atom stereocenters. The molecule has 0 unspecified atom stereocenters. The van der Waals surface area contributed by atoms with E-state index in [1.165, 1.54) is 0 Å². The van der Waals surface area contributed by atoms with Crippen LogP contribution in [0.25, 0.3) is 33.7 Å². The predicted octanol–water partition coefficient (Wildman–Crippen LogP) is 4.69.